The van der Waals surface area contributed by atoms with Crippen LogP contribution in [0.25, 0.3) is 10.9 Å². The number of hydrogen-bond acceptors (Lipinski definition) is 2. The second kappa shape index (κ2) is 5.00. The van der Waals surface area contributed by atoms with E-state index in [0.29, 0.717) is 17.9 Å². The Balaban J connectivity index is 1.81. The van der Waals surface area contributed by atoms with Crippen LogP contribution in [-0.2, 0) is 6.42 Å². The van der Waals surface area contributed by atoms with Gasteiger partial charge in [0.1, 0.15) is 0 Å². The normalized spacial score (nSPS) is 28.5. The van der Waals surface area contributed by atoms with E-state index in [1.807, 2.05) is 6.08 Å². The number of aromatic amines is 1. The van der Waals surface area contributed by atoms with Crippen molar-refractivity contribution in [1.29, 1.82) is 0 Å². The molecule has 4 rings (SSSR count). The Morgan fingerprint density at radius 1 is 1.43 bits per heavy atom. The zero-order chi connectivity index (χ0) is 14.4. The van der Waals surface area contributed by atoms with Crippen LogP contribution < -0.4 is 5.73 Å². The lowest BCUT2D eigenvalue weighted by molar-refractivity contribution is 0.0996. The van der Waals surface area contributed by atoms with Gasteiger partial charge in [0.25, 0.3) is 0 Å². The lowest BCUT2D eigenvalue weighted by Crippen LogP contribution is -2.51. The van der Waals surface area contributed by atoms with E-state index < -0.39 is 0 Å². The lowest BCUT2D eigenvalue weighted by atomic mass is 9.72. The highest BCUT2D eigenvalue weighted by Gasteiger charge is 2.39. The van der Waals surface area contributed by atoms with Gasteiger partial charge in [0.2, 0.25) is 0 Å². The number of piperidine rings is 1. The van der Waals surface area contributed by atoms with Crippen molar-refractivity contribution in [2.45, 2.75) is 24.8 Å². The summed E-state index contributed by atoms with van der Waals surface area (Å²) in [6, 6.07) is 7.29. The second-order valence-electron chi connectivity index (χ2n) is 6.54. The van der Waals surface area contributed by atoms with E-state index >= 15 is 0 Å². The number of nitrogens with zero attached hydrogens (tertiary/aromatic N) is 1. The number of rotatable bonds is 3. The summed E-state index contributed by atoms with van der Waals surface area (Å²) in [6.45, 7) is 6.80. The topological polar surface area (TPSA) is 45.0 Å². The molecule has 1 fully saturated rings. The van der Waals surface area contributed by atoms with Crippen molar-refractivity contribution >= 4 is 10.9 Å². The number of nitrogens with two attached hydrogens (primary N) is 1. The summed E-state index contributed by atoms with van der Waals surface area (Å²) in [6.07, 6.45) is 6.60. The smallest absolute Gasteiger partial charge is 0.0459 e. The molecule has 2 aliphatic rings. The molecule has 3 heteroatoms. The summed E-state index contributed by atoms with van der Waals surface area (Å²) in [5, 5.41) is 1.47. The van der Waals surface area contributed by atoms with E-state index in [1.165, 1.54) is 28.5 Å². The summed E-state index contributed by atoms with van der Waals surface area (Å²) in [4.78, 5) is 6.03. The van der Waals surface area contributed by atoms with Gasteiger partial charge in [-0.05, 0) is 42.5 Å². The van der Waals surface area contributed by atoms with Crippen molar-refractivity contribution in [2.24, 2.45) is 11.7 Å². The van der Waals surface area contributed by atoms with Gasteiger partial charge >= 0.3 is 0 Å². The summed E-state index contributed by atoms with van der Waals surface area (Å²) in [7, 11) is 0. The van der Waals surface area contributed by atoms with Gasteiger partial charge in [-0.3, -0.25) is 4.90 Å². The molecule has 110 valence electrons. The Kier molecular flexibility index (Phi) is 3.12. The van der Waals surface area contributed by atoms with Crippen LogP contribution >= 0.6 is 0 Å². The third-order valence-electron chi connectivity index (χ3n) is 5.36. The molecular weight excluding hydrogens is 258 g/mol. The van der Waals surface area contributed by atoms with E-state index in [2.05, 4.69) is 40.9 Å². The summed E-state index contributed by atoms with van der Waals surface area (Å²) in [5.74, 6) is 1.21. The molecule has 3 atom stereocenters. The van der Waals surface area contributed by atoms with Gasteiger partial charge in [-0.25, -0.2) is 0 Å². The van der Waals surface area contributed by atoms with Crippen molar-refractivity contribution in [1.82, 2.24) is 9.88 Å². The molecule has 2 heterocycles. The predicted molar refractivity (Wildman–Crippen MR) is 87.5 cm³/mol. The summed E-state index contributed by atoms with van der Waals surface area (Å²) >= 11 is 0. The molecular formula is C18H23N3. The molecule has 1 unspecified atom stereocenters. The SMILES string of the molecule is C=CCN1C[C@H](CN)CC2c3cccc4[nH]cc(c34)C[C@H]21. The zero-order valence-electron chi connectivity index (χ0n) is 12.4. The number of hydrogen-bond donors (Lipinski definition) is 2. The molecule has 21 heavy (non-hydrogen) atoms. The Hall–Kier alpha value is -1.58. The van der Waals surface area contributed by atoms with Crippen molar-refractivity contribution in [3.05, 3.63) is 48.2 Å². The number of aromatic nitrogens is 1. The van der Waals surface area contributed by atoms with Crippen LogP contribution in [0.3, 0.4) is 0 Å². The first-order chi connectivity index (χ1) is 10.3. The van der Waals surface area contributed by atoms with E-state index in [-0.39, 0.29) is 0 Å². The average molecular weight is 281 g/mol. The molecule has 0 bridgehead atoms. The molecule has 1 aliphatic carbocycles. The van der Waals surface area contributed by atoms with Gasteiger partial charge < -0.3 is 10.7 Å². The van der Waals surface area contributed by atoms with E-state index in [4.69, 9.17) is 5.73 Å². The average Bonchev–Trinajstić information content (AvgIpc) is 2.93. The van der Waals surface area contributed by atoms with Crippen LogP contribution in [0, 0.1) is 5.92 Å². The number of likely N-dealkylation sites (tertiary alicyclic amines) is 1. The summed E-state index contributed by atoms with van der Waals surface area (Å²) in [5.41, 5.74) is 10.3. The fourth-order valence-corrected chi connectivity index (χ4v) is 4.45. The largest absolute Gasteiger partial charge is 0.361 e. The highest BCUT2D eigenvalue weighted by molar-refractivity contribution is 5.88. The number of fused-ring (bicyclic) bond motifs is 2. The van der Waals surface area contributed by atoms with Crippen molar-refractivity contribution in [3.8, 4) is 0 Å². The zero-order valence-corrected chi connectivity index (χ0v) is 12.4. The molecule has 3 N–H and O–H groups in total. The van der Waals surface area contributed by atoms with Gasteiger partial charge in [0, 0.05) is 42.1 Å². The van der Waals surface area contributed by atoms with Crippen LogP contribution in [-0.4, -0.2) is 35.6 Å². The first kappa shape index (κ1) is 13.1. The second-order valence-corrected chi connectivity index (χ2v) is 6.54. The maximum atomic E-state index is 6.00. The van der Waals surface area contributed by atoms with Gasteiger partial charge in [-0.15, -0.1) is 6.58 Å². The standard InChI is InChI=1S/C18H23N3/c1-2-6-21-11-12(9-19)7-15-14-4-3-5-16-18(14)13(10-20-16)8-17(15)21/h2-5,10,12,15,17,20H,1,6-9,11,19H2/t12-,15?,17+/m0/s1. The fourth-order valence-electron chi connectivity index (χ4n) is 4.45. The van der Waals surface area contributed by atoms with E-state index in [1.54, 1.807) is 0 Å². The molecule has 0 saturated carbocycles. The molecule has 2 aromatic rings. The molecule has 1 aromatic heterocycles. The van der Waals surface area contributed by atoms with Gasteiger partial charge in [0.05, 0.1) is 0 Å². The van der Waals surface area contributed by atoms with Gasteiger partial charge in [-0.1, -0.05) is 18.2 Å². The van der Waals surface area contributed by atoms with Crippen molar-refractivity contribution in [3.63, 3.8) is 0 Å². The molecule has 0 spiro atoms. The Labute approximate surface area is 125 Å². The van der Waals surface area contributed by atoms with E-state index in [9.17, 15) is 0 Å². The molecule has 1 aliphatic heterocycles. The van der Waals surface area contributed by atoms with Crippen LogP contribution in [0.2, 0.25) is 0 Å². The number of nitrogens with one attached hydrogen (secondary N) is 1. The molecule has 1 aromatic carbocycles. The fraction of sp³-hybridized carbons (Fsp3) is 0.444. The number of H-pyrrole nitrogens is 1. The maximum Gasteiger partial charge on any atom is 0.0459 e. The predicted octanol–water partition coefficient (Wildman–Crippen LogP) is 2.64. The lowest BCUT2D eigenvalue weighted by Gasteiger charge is -2.46. The number of benzene rings is 1. The molecule has 0 radical (unpaired) electrons. The minimum Gasteiger partial charge on any atom is -0.361 e. The maximum absolute atomic E-state index is 6.00. The minimum atomic E-state index is 0.597. The van der Waals surface area contributed by atoms with Crippen molar-refractivity contribution < 1.29 is 0 Å². The van der Waals surface area contributed by atoms with Crippen LogP contribution in [0.15, 0.2) is 37.1 Å². The summed E-state index contributed by atoms with van der Waals surface area (Å²) < 4.78 is 0. The van der Waals surface area contributed by atoms with Crippen LogP contribution in [0.1, 0.15) is 23.5 Å². The highest BCUT2D eigenvalue weighted by atomic mass is 15.2. The molecule has 1 saturated heterocycles. The third kappa shape index (κ3) is 1.95. The van der Waals surface area contributed by atoms with Crippen LogP contribution in [0.5, 0.6) is 0 Å². The van der Waals surface area contributed by atoms with Crippen molar-refractivity contribution in [2.75, 3.05) is 19.6 Å². The highest BCUT2D eigenvalue weighted by Crippen LogP contribution is 2.44. The Bertz CT molecular complexity index is 672. The van der Waals surface area contributed by atoms with E-state index in [0.717, 1.165) is 26.1 Å². The monoisotopic (exact) mass is 281 g/mol. The van der Waals surface area contributed by atoms with Gasteiger partial charge in [0.15, 0.2) is 0 Å². The first-order valence-electron chi connectivity index (χ1n) is 7.95. The molecule has 3 nitrogen and oxygen atoms in total. The quantitative estimate of drug-likeness (QED) is 0.850. The van der Waals surface area contributed by atoms with Gasteiger partial charge in [-0.2, -0.15) is 0 Å². The Morgan fingerprint density at radius 3 is 3.14 bits per heavy atom. The Morgan fingerprint density at radius 2 is 2.33 bits per heavy atom. The third-order valence-corrected chi connectivity index (χ3v) is 5.36. The minimum absolute atomic E-state index is 0.597. The van der Waals surface area contributed by atoms with Crippen LogP contribution in [0.4, 0.5) is 0 Å². The molecule has 0 amide bonds. The first-order valence-corrected chi connectivity index (χ1v) is 7.95.